The van der Waals surface area contributed by atoms with Crippen molar-refractivity contribution in [1.82, 2.24) is 9.97 Å². The SMILES string of the molecule is CCCSc1nc(N)c2c(n1)N(Cc1ccccc1Cl)CN2. The summed E-state index contributed by atoms with van der Waals surface area (Å²) in [6.07, 6.45) is 1.08. The second-order valence-corrected chi connectivity index (χ2v) is 6.53. The second kappa shape index (κ2) is 6.62. The summed E-state index contributed by atoms with van der Waals surface area (Å²) in [7, 11) is 0. The van der Waals surface area contributed by atoms with Crippen LogP contribution in [0.25, 0.3) is 0 Å². The van der Waals surface area contributed by atoms with Crippen molar-refractivity contribution in [2.24, 2.45) is 0 Å². The minimum atomic E-state index is 0.505. The van der Waals surface area contributed by atoms with Crippen molar-refractivity contribution >= 4 is 40.7 Å². The van der Waals surface area contributed by atoms with E-state index in [0.717, 1.165) is 39.4 Å². The number of anilines is 3. The van der Waals surface area contributed by atoms with Crippen LogP contribution < -0.4 is 16.0 Å². The molecule has 2 heterocycles. The molecule has 1 aromatic heterocycles. The predicted molar refractivity (Wildman–Crippen MR) is 93.6 cm³/mol. The second-order valence-electron chi connectivity index (χ2n) is 5.06. The van der Waals surface area contributed by atoms with Gasteiger partial charge in [0.05, 0.1) is 6.67 Å². The first-order valence-electron chi connectivity index (χ1n) is 7.21. The number of nitrogens with two attached hydrogens (primary N) is 1. The number of nitrogens with one attached hydrogen (secondary N) is 1. The number of hydrogen-bond acceptors (Lipinski definition) is 6. The Morgan fingerprint density at radius 1 is 1.36 bits per heavy atom. The molecule has 0 spiro atoms. The molecule has 0 unspecified atom stereocenters. The molecule has 3 rings (SSSR count). The van der Waals surface area contributed by atoms with Gasteiger partial charge < -0.3 is 16.0 Å². The van der Waals surface area contributed by atoms with Crippen molar-refractivity contribution in [1.29, 1.82) is 0 Å². The van der Waals surface area contributed by atoms with Gasteiger partial charge in [-0.1, -0.05) is 48.5 Å². The van der Waals surface area contributed by atoms with Crippen LogP contribution in [0.15, 0.2) is 29.4 Å². The van der Waals surface area contributed by atoms with Crippen LogP contribution in [0, 0.1) is 0 Å². The van der Waals surface area contributed by atoms with Crippen LogP contribution in [0.1, 0.15) is 18.9 Å². The Labute approximate surface area is 139 Å². The van der Waals surface area contributed by atoms with Crippen molar-refractivity contribution in [3.63, 3.8) is 0 Å². The molecule has 0 atom stereocenters. The van der Waals surface area contributed by atoms with Crippen molar-refractivity contribution in [2.75, 3.05) is 28.4 Å². The molecule has 0 amide bonds. The van der Waals surface area contributed by atoms with Crippen LogP contribution in [0.4, 0.5) is 17.3 Å². The molecular weight excluding hydrogens is 318 g/mol. The standard InChI is InChI=1S/C15H18ClN5S/c1-2-7-22-15-19-13(17)12-14(20-15)21(9-18-12)8-10-5-3-4-6-11(10)16/h3-6,18H,2,7-9H2,1H3,(H2,17,19,20). The molecule has 1 aliphatic rings. The van der Waals surface area contributed by atoms with E-state index in [2.05, 4.69) is 27.1 Å². The third-order valence-corrected chi connectivity index (χ3v) is 4.82. The van der Waals surface area contributed by atoms with E-state index in [1.807, 2.05) is 24.3 Å². The first kappa shape index (κ1) is 15.2. The lowest BCUT2D eigenvalue weighted by molar-refractivity contribution is 0.839. The number of halogens is 1. The smallest absolute Gasteiger partial charge is 0.191 e. The molecule has 0 saturated carbocycles. The number of aromatic nitrogens is 2. The van der Waals surface area contributed by atoms with Crippen LogP contribution in [-0.4, -0.2) is 22.4 Å². The number of thioether (sulfide) groups is 1. The summed E-state index contributed by atoms with van der Waals surface area (Å²) in [5, 5.41) is 4.76. The molecule has 5 nitrogen and oxygen atoms in total. The van der Waals surface area contributed by atoms with Gasteiger partial charge >= 0.3 is 0 Å². The van der Waals surface area contributed by atoms with E-state index < -0.39 is 0 Å². The van der Waals surface area contributed by atoms with E-state index in [1.165, 1.54) is 0 Å². The van der Waals surface area contributed by atoms with E-state index in [-0.39, 0.29) is 0 Å². The summed E-state index contributed by atoms with van der Waals surface area (Å²) in [6.45, 7) is 3.48. The zero-order chi connectivity index (χ0) is 15.5. The van der Waals surface area contributed by atoms with Crippen LogP contribution in [-0.2, 0) is 6.54 Å². The van der Waals surface area contributed by atoms with Crippen molar-refractivity contribution in [3.8, 4) is 0 Å². The zero-order valence-electron chi connectivity index (χ0n) is 12.3. The van der Waals surface area contributed by atoms with Crippen molar-refractivity contribution in [3.05, 3.63) is 34.9 Å². The van der Waals surface area contributed by atoms with Crippen molar-refractivity contribution < 1.29 is 0 Å². The Morgan fingerprint density at radius 3 is 2.95 bits per heavy atom. The van der Waals surface area contributed by atoms with Crippen LogP contribution in [0.5, 0.6) is 0 Å². The number of rotatable bonds is 5. The highest BCUT2D eigenvalue weighted by atomic mass is 35.5. The Balaban J connectivity index is 1.86. The normalized spacial score (nSPS) is 13.1. The molecule has 116 valence electrons. The van der Waals surface area contributed by atoms with E-state index in [4.69, 9.17) is 17.3 Å². The highest BCUT2D eigenvalue weighted by Crippen LogP contribution is 2.36. The van der Waals surface area contributed by atoms with Gasteiger partial charge in [0.2, 0.25) is 0 Å². The van der Waals surface area contributed by atoms with Gasteiger partial charge in [-0.15, -0.1) is 0 Å². The lowest BCUT2D eigenvalue weighted by Crippen LogP contribution is -2.23. The van der Waals surface area contributed by atoms with E-state index in [9.17, 15) is 0 Å². The summed E-state index contributed by atoms with van der Waals surface area (Å²) in [6, 6.07) is 7.85. The van der Waals surface area contributed by atoms with Gasteiger partial charge in [0.1, 0.15) is 5.69 Å². The fraction of sp³-hybridized carbons (Fsp3) is 0.333. The van der Waals surface area contributed by atoms with Crippen molar-refractivity contribution in [2.45, 2.75) is 25.0 Å². The number of fused-ring (bicyclic) bond motifs is 1. The molecule has 0 bridgehead atoms. The summed E-state index contributed by atoms with van der Waals surface area (Å²) < 4.78 is 0. The zero-order valence-corrected chi connectivity index (χ0v) is 13.9. The topological polar surface area (TPSA) is 67.1 Å². The van der Waals surface area contributed by atoms with Gasteiger partial charge in [-0.3, -0.25) is 0 Å². The first-order chi connectivity index (χ1) is 10.7. The molecule has 0 radical (unpaired) electrons. The number of hydrogen-bond donors (Lipinski definition) is 2. The van der Waals surface area contributed by atoms with Crippen LogP contribution >= 0.6 is 23.4 Å². The van der Waals surface area contributed by atoms with E-state index >= 15 is 0 Å². The Hall–Kier alpha value is -1.66. The average Bonchev–Trinajstić information content (AvgIpc) is 2.91. The highest BCUT2D eigenvalue weighted by Gasteiger charge is 2.25. The summed E-state index contributed by atoms with van der Waals surface area (Å²) in [5.41, 5.74) is 7.93. The molecular formula is C15H18ClN5S. The van der Waals surface area contributed by atoms with Gasteiger partial charge in [-0.2, -0.15) is 0 Å². The largest absolute Gasteiger partial charge is 0.382 e. The minimum Gasteiger partial charge on any atom is -0.382 e. The summed E-state index contributed by atoms with van der Waals surface area (Å²) in [4.78, 5) is 11.1. The minimum absolute atomic E-state index is 0.505. The average molecular weight is 336 g/mol. The molecule has 3 N–H and O–H groups in total. The Morgan fingerprint density at radius 2 is 2.18 bits per heavy atom. The predicted octanol–water partition coefficient (Wildman–Crippen LogP) is 3.60. The maximum Gasteiger partial charge on any atom is 0.191 e. The first-order valence-corrected chi connectivity index (χ1v) is 8.58. The van der Waals surface area contributed by atoms with Gasteiger partial charge in [-0.05, 0) is 18.1 Å². The number of nitrogens with zero attached hydrogens (tertiary/aromatic N) is 3. The molecule has 1 aromatic carbocycles. The molecule has 0 fully saturated rings. The monoisotopic (exact) mass is 335 g/mol. The van der Waals surface area contributed by atoms with Crippen LogP contribution in [0.2, 0.25) is 5.02 Å². The maximum atomic E-state index is 6.25. The third kappa shape index (κ3) is 3.08. The highest BCUT2D eigenvalue weighted by molar-refractivity contribution is 7.99. The quantitative estimate of drug-likeness (QED) is 0.642. The van der Waals surface area contributed by atoms with Gasteiger partial charge in [0.15, 0.2) is 16.8 Å². The van der Waals surface area contributed by atoms with Gasteiger partial charge in [0.25, 0.3) is 0 Å². The van der Waals surface area contributed by atoms with Gasteiger partial charge in [0, 0.05) is 17.3 Å². The fourth-order valence-corrected chi connectivity index (χ4v) is 3.21. The summed E-state index contributed by atoms with van der Waals surface area (Å²) in [5.74, 6) is 2.34. The van der Waals surface area contributed by atoms with E-state index in [1.54, 1.807) is 11.8 Å². The van der Waals surface area contributed by atoms with Crippen LogP contribution in [0.3, 0.4) is 0 Å². The molecule has 0 saturated heterocycles. The molecule has 22 heavy (non-hydrogen) atoms. The maximum absolute atomic E-state index is 6.25. The molecule has 2 aromatic rings. The Kier molecular flexibility index (Phi) is 4.59. The molecule has 0 aliphatic carbocycles. The molecule has 1 aliphatic heterocycles. The fourth-order valence-electron chi connectivity index (χ4n) is 2.31. The molecule has 7 heteroatoms. The van der Waals surface area contributed by atoms with Gasteiger partial charge in [-0.25, -0.2) is 9.97 Å². The lowest BCUT2D eigenvalue weighted by atomic mass is 10.2. The number of nitrogen functional groups attached to an aromatic ring is 1. The van der Waals surface area contributed by atoms with E-state index in [0.29, 0.717) is 19.0 Å². The Bertz CT molecular complexity index is 679. The third-order valence-electron chi connectivity index (χ3n) is 3.40. The summed E-state index contributed by atoms with van der Waals surface area (Å²) >= 11 is 7.88. The lowest BCUT2D eigenvalue weighted by Gasteiger charge is -2.18. The number of benzene rings is 1.